The molecule has 3 amide bonds. The second-order valence-electron chi connectivity index (χ2n) is 10.1. The zero-order chi connectivity index (χ0) is 28.0. The van der Waals surface area contributed by atoms with Crippen LogP contribution in [0.2, 0.25) is 0 Å². The van der Waals surface area contributed by atoms with Crippen molar-refractivity contribution in [3.05, 3.63) is 71.0 Å². The fourth-order valence-electron chi connectivity index (χ4n) is 5.39. The van der Waals surface area contributed by atoms with Gasteiger partial charge in [-0.05, 0) is 44.0 Å². The summed E-state index contributed by atoms with van der Waals surface area (Å²) in [5.74, 6) is -0.161. The van der Waals surface area contributed by atoms with E-state index in [1.165, 1.54) is 0 Å². The van der Waals surface area contributed by atoms with Gasteiger partial charge in [0.1, 0.15) is 29.7 Å². The maximum atomic E-state index is 13.3. The van der Waals surface area contributed by atoms with Crippen molar-refractivity contribution < 1.29 is 23.9 Å². The highest BCUT2D eigenvalue weighted by Crippen LogP contribution is 2.56. The van der Waals surface area contributed by atoms with Crippen molar-refractivity contribution >= 4 is 34.9 Å². The van der Waals surface area contributed by atoms with Gasteiger partial charge in [-0.15, -0.1) is 0 Å². The molecule has 6 rings (SSSR count). The van der Waals surface area contributed by atoms with Crippen LogP contribution in [0.1, 0.15) is 51.9 Å². The van der Waals surface area contributed by atoms with Gasteiger partial charge in [0.25, 0.3) is 5.91 Å². The number of carbonyl (C=O) groups excluding carboxylic acids is 3. The molecular formula is C28H29N7O5. The maximum Gasteiger partial charge on any atom is 0.407 e. The molecule has 0 spiro atoms. The number of imidazole rings is 1. The number of carbonyl (C=O) groups is 3. The zero-order valence-corrected chi connectivity index (χ0v) is 22.1. The van der Waals surface area contributed by atoms with E-state index in [-0.39, 0.29) is 24.2 Å². The molecule has 0 bridgehead atoms. The first-order chi connectivity index (χ1) is 19.3. The zero-order valence-electron chi connectivity index (χ0n) is 22.1. The van der Waals surface area contributed by atoms with Gasteiger partial charge in [-0.1, -0.05) is 30.3 Å². The first kappa shape index (κ1) is 25.4. The van der Waals surface area contributed by atoms with Crippen molar-refractivity contribution in [2.75, 3.05) is 11.9 Å². The van der Waals surface area contributed by atoms with Gasteiger partial charge < -0.3 is 20.5 Å². The summed E-state index contributed by atoms with van der Waals surface area (Å²) in [5, 5.41) is 10.1. The van der Waals surface area contributed by atoms with E-state index in [1.54, 1.807) is 22.9 Å². The maximum absolute atomic E-state index is 13.3. The largest absolute Gasteiger partial charge is 0.486 e. The highest BCUT2D eigenvalue weighted by molar-refractivity contribution is 6.04. The number of ether oxygens (including phenoxy) is 2. The minimum absolute atomic E-state index is 0.172. The van der Waals surface area contributed by atoms with E-state index in [0.717, 1.165) is 11.3 Å². The Kier molecular flexibility index (Phi) is 6.16. The lowest BCUT2D eigenvalue weighted by molar-refractivity contribution is 0.0995. The van der Waals surface area contributed by atoms with E-state index >= 15 is 0 Å². The quantitative estimate of drug-likeness (QED) is 0.293. The van der Waals surface area contributed by atoms with Gasteiger partial charge in [-0.25, -0.2) is 9.78 Å². The number of hydrogen-bond donors (Lipinski definition) is 3. The van der Waals surface area contributed by atoms with Gasteiger partial charge in [0.05, 0.1) is 16.7 Å². The molecule has 2 atom stereocenters. The summed E-state index contributed by atoms with van der Waals surface area (Å²) in [5.41, 5.74) is 8.43. The Morgan fingerprint density at radius 1 is 1.20 bits per heavy atom. The number of nitrogens with two attached hydrogens (primary N) is 1. The summed E-state index contributed by atoms with van der Waals surface area (Å²) >= 11 is 0. The lowest BCUT2D eigenvalue weighted by Gasteiger charge is -2.27. The van der Waals surface area contributed by atoms with Gasteiger partial charge in [0.2, 0.25) is 11.9 Å². The van der Waals surface area contributed by atoms with E-state index in [1.807, 2.05) is 48.7 Å². The molecule has 3 heterocycles. The third-order valence-corrected chi connectivity index (χ3v) is 7.39. The number of alkyl carbamates (subject to hydrolysis) is 1. The van der Waals surface area contributed by atoms with Gasteiger partial charge in [-0.3, -0.25) is 24.2 Å². The van der Waals surface area contributed by atoms with Crippen molar-refractivity contribution in [1.29, 1.82) is 0 Å². The van der Waals surface area contributed by atoms with Crippen LogP contribution in [0, 0.1) is 6.92 Å². The average Bonchev–Trinajstić information content (AvgIpc) is 3.31. The molecule has 206 valence electrons. The van der Waals surface area contributed by atoms with E-state index in [9.17, 15) is 14.4 Å². The molecule has 4 N–H and O–H groups in total. The number of amides is 3. The number of anilines is 1. The van der Waals surface area contributed by atoms with Gasteiger partial charge in [0.15, 0.2) is 0 Å². The summed E-state index contributed by atoms with van der Waals surface area (Å²) < 4.78 is 15.2. The minimum atomic E-state index is -0.602. The Morgan fingerprint density at radius 2 is 2.00 bits per heavy atom. The van der Waals surface area contributed by atoms with Crippen LogP contribution in [0.4, 0.5) is 10.7 Å². The number of nitrogens with zero attached hydrogens (tertiary/aromatic N) is 4. The number of aryl methyl sites for hydroxylation is 2. The summed E-state index contributed by atoms with van der Waals surface area (Å²) in [6.45, 7) is 4.76. The van der Waals surface area contributed by atoms with Crippen LogP contribution in [-0.2, 0) is 23.4 Å². The molecule has 12 heteroatoms. The molecular weight excluding hydrogens is 514 g/mol. The first-order valence-corrected chi connectivity index (χ1v) is 13.1. The van der Waals surface area contributed by atoms with Gasteiger partial charge in [-0.2, -0.15) is 5.10 Å². The number of primary amides is 1. The van der Waals surface area contributed by atoms with Gasteiger partial charge >= 0.3 is 6.09 Å². The third-order valence-electron chi connectivity index (χ3n) is 7.39. The molecule has 1 fully saturated rings. The molecule has 1 unspecified atom stereocenters. The predicted octanol–water partition coefficient (Wildman–Crippen LogP) is 3.09. The molecule has 1 aliphatic heterocycles. The number of aromatic nitrogens is 4. The van der Waals surface area contributed by atoms with Crippen LogP contribution >= 0.6 is 0 Å². The number of benzene rings is 2. The molecule has 1 saturated carbocycles. The van der Waals surface area contributed by atoms with Crippen LogP contribution in [0.25, 0.3) is 11.0 Å². The Balaban J connectivity index is 1.27. The third kappa shape index (κ3) is 4.40. The average molecular weight is 544 g/mol. The molecule has 0 radical (unpaired) electrons. The van der Waals surface area contributed by atoms with Crippen molar-refractivity contribution in [3.63, 3.8) is 0 Å². The van der Waals surface area contributed by atoms with Crippen LogP contribution in [0.15, 0.2) is 48.5 Å². The number of rotatable bonds is 9. The Hall–Kier alpha value is -4.87. The van der Waals surface area contributed by atoms with E-state index < -0.39 is 17.5 Å². The van der Waals surface area contributed by atoms with Crippen molar-refractivity contribution in [2.24, 2.45) is 5.73 Å². The molecule has 2 aromatic heterocycles. The van der Waals surface area contributed by atoms with Crippen molar-refractivity contribution in [2.45, 2.75) is 51.5 Å². The lowest BCUT2D eigenvalue weighted by Crippen LogP contribution is -2.35. The molecule has 4 aromatic rings. The highest BCUT2D eigenvalue weighted by atomic mass is 16.5. The molecule has 1 aliphatic carbocycles. The fourth-order valence-corrected chi connectivity index (χ4v) is 5.39. The molecule has 0 saturated heterocycles. The van der Waals surface area contributed by atoms with Gasteiger partial charge in [0, 0.05) is 25.1 Å². The second kappa shape index (κ2) is 9.70. The monoisotopic (exact) mass is 543 g/mol. The molecule has 2 aromatic carbocycles. The molecule has 2 aliphatic rings. The van der Waals surface area contributed by atoms with Crippen LogP contribution in [0.5, 0.6) is 5.75 Å². The topological polar surface area (TPSA) is 155 Å². The van der Waals surface area contributed by atoms with E-state index in [4.69, 9.17) is 15.2 Å². The fraction of sp³-hybridized carbons (Fsp3) is 0.321. The SMILES string of the molecule is CCn1nc(C)cc1C(=O)Nc1nc2cc(C(N)=O)cc3c2n1[C@]1(CCNC(=O)OCc2ccccc2)CC1O3. The smallest absolute Gasteiger partial charge is 0.407 e. The second-order valence-corrected chi connectivity index (χ2v) is 10.1. The van der Waals surface area contributed by atoms with Crippen molar-refractivity contribution in [3.8, 4) is 5.75 Å². The van der Waals surface area contributed by atoms with E-state index in [0.29, 0.717) is 54.4 Å². The lowest BCUT2D eigenvalue weighted by atomic mass is 10.1. The standard InChI is InChI=1S/C28H29N7O5/c1-3-34-20(11-16(2)33-34)25(37)32-26-31-19-12-18(24(29)36)13-21-23(19)35(26)28(14-22(28)40-21)9-10-30-27(38)39-15-17-7-5-4-6-8-17/h4-8,11-13,22H,3,9-10,14-15H2,1-2H3,(H2,29,36)(H,30,38)(H,31,32,37)/t22?,28-/m1/s1. The Morgan fingerprint density at radius 3 is 2.75 bits per heavy atom. The normalized spacial score (nSPS) is 18.5. The first-order valence-electron chi connectivity index (χ1n) is 13.1. The predicted molar refractivity (Wildman–Crippen MR) is 145 cm³/mol. The Labute approximate surface area is 229 Å². The minimum Gasteiger partial charge on any atom is -0.486 e. The van der Waals surface area contributed by atoms with Crippen molar-refractivity contribution in [1.82, 2.24) is 24.6 Å². The number of nitrogens with one attached hydrogen (secondary N) is 2. The summed E-state index contributed by atoms with van der Waals surface area (Å²) in [6, 6.07) is 14.4. The van der Waals surface area contributed by atoms with Crippen LogP contribution in [-0.4, -0.2) is 49.9 Å². The van der Waals surface area contributed by atoms with Crippen LogP contribution < -0.4 is 21.1 Å². The molecule has 12 nitrogen and oxygen atoms in total. The summed E-state index contributed by atoms with van der Waals surface area (Å²) in [6.07, 6.45) is 0.388. The number of hydrogen-bond acceptors (Lipinski definition) is 7. The highest BCUT2D eigenvalue weighted by Gasteiger charge is 2.62. The molecule has 40 heavy (non-hydrogen) atoms. The number of fused-ring (bicyclic) bond motifs is 2. The van der Waals surface area contributed by atoms with E-state index in [2.05, 4.69) is 20.7 Å². The summed E-state index contributed by atoms with van der Waals surface area (Å²) in [4.78, 5) is 42.3. The van der Waals surface area contributed by atoms with Crippen LogP contribution in [0.3, 0.4) is 0 Å². The Bertz CT molecular complexity index is 1640. The summed E-state index contributed by atoms with van der Waals surface area (Å²) in [7, 11) is 0.